The molecule has 0 saturated carbocycles. The Morgan fingerprint density at radius 2 is 2.00 bits per heavy atom. The Kier molecular flexibility index (Phi) is 3.14. The molecule has 15 heavy (non-hydrogen) atoms. The lowest BCUT2D eigenvalue weighted by atomic mass is 10.6. The first-order valence-electron chi connectivity index (χ1n) is 4.37. The van der Waals surface area contributed by atoms with Crippen LogP contribution in [-0.4, -0.2) is 15.0 Å². The zero-order valence-corrected chi connectivity index (χ0v) is 10.2. The first-order chi connectivity index (χ1) is 7.24. The van der Waals surface area contributed by atoms with Crippen LogP contribution >= 0.6 is 22.6 Å². The van der Waals surface area contributed by atoms with Crippen LogP contribution in [0.3, 0.4) is 0 Å². The summed E-state index contributed by atoms with van der Waals surface area (Å²) in [4.78, 5) is 12.3. The average molecular weight is 316 g/mol. The van der Waals surface area contributed by atoms with E-state index >= 15 is 0 Å². The van der Waals surface area contributed by atoms with Gasteiger partial charge in [-0.1, -0.05) is 0 Å². The molecule has 2 aromatic rings. The van der Waals surface area contributed by atoms with Gasteiger partial charge in [-0.05, 0) is 29.5 Å². The number of rotatable bonds is 3. The molecule has 0 aliphatic carbocycles. The van der Waals surface area contributed by atoms with Crippen LogP contribution in [-0.2, 0) is 6.54 Å². The molecule has 0 fully saturated rings. The van der Waals surface area contributed by atoms with Gasteiger partial charge in [0, 0.05) is 16.0 Å². The summed E-state index contributed by atoms with van der Waals surface area (Å²) in [5.41, 5.74) is 0. The van der Waals surface area contributed by atoms with E-state index in [2.05, 4.69) is 42.9 Å². The predicted octanol–water partition coefficient (Wildman–Crippen LogP) is 1.99. The Morgan fingerprint density at radius 3 is 2.60 bits per heavy atom. The SMILES string of the molecule is Cc1cnc(CNc2ncc(I)cn2)o1. The van der Waals surface area contributed by atoms with Crippen LogP contribution in [0.5, 0.6) is 0 Å². The summed E-state index contributed by atoms with van der Waals surface area (Å²) in [5, 5.41) is 3.02. The summed E-state index contributed by atoms with van der Waals surface area (Å²) in [7, 11) is 0. The van der Waals surface area contributed by atoms with Crippen molar-refractivity contribution in [2.75, 3.05) is 5.32 Å². The highest BCUT2D eigenvalue weighted by Crippen LogP contribution is 2.06. The minimum Gasteiger partial charge on any atom is -0.444 e. The van der Waals surface area contributed by atoms with Crippen molar-refractivity contribution in [1.29, 1.82) is 0 Å². The number of nitrogens with zero attached hydrogens (tertiary/aromatic N) is 3. The van der Waals surface area contributed by atoms with Crippen molar-refractivity contribution in [2.45, 2.75) is 13.5 Å². The molecule has 0 atom stereocenters. The van der Waals surface area contributed by atoms with Crippen molar-refractivity contribution in [1.82, 2.24) is 15.0 Å². The second-order valence-electron chi connectivity index (χ2n) is 2.94. The Balaban J connectivity index is 1.96. The quantitative estimate of drug-likeness (QED) is 0.878. The molecule has 0 radical (unpaired) electrons. The van der Waals surface area contributed by atoms with Gasteiger partial charge in [-0.2, -0.15) is 0 Å². The summed E-state index contributed by atoms with van der Waals surface area (Å²) in [6.45, 7) is 2.35. The highest BCUT2D eigenvalue weighted by Gasteiger charge is 2.01. The van der Waals surface area contributed by atoms with Crippen LogP contribution in [0.4, 0.5) is 5.95 Å². The average Bonchev–Trinajstić information content (AvgIpc) is 2.64. The Bertz CT molecular complexity index is 440. The largest absolute Gasteiger partial charge is 0.444 e. The standard InChI is InChI=1S/C9H9IN4O/c1-6-2-11-8(15-6)5-14-9-12-3-7(10)4-13-9/h2-4H,5H2,1H3,(H,12,13,14). The third-order valence-corrected chi connectivity index (χ3v) is 2.24. The van der Waals surface area contributed by atoms with E-state index in [1.807, 2.05) is 6.92 Å². The first-order valence-corrected chi connectivity index (χ1v) is 5.44. The number of hydrogen-bond acceptors (Lipinski definition) is 5. The van der Waals surface area contributed by atoms with Crippen LogP contribution in [0.1, 0.15) is 11.7 Å². The van der Waals surface area contributed by atoms with Crippen molar-refractivity contribution in [3.63, 3.8) is 0 Å². The first kappa shape index (κ1) is 10.3. The maximum atomic E-state index is 5.30. The van der Waals surface area contributed by atoms with E-state index in [0.717, 1.165) is 9.33 Å². The van der Waals surface area contributed by atoms with Crippen LogP contribution in [0.15, 0.2) is 23.0 Å². The van der Waals surface area contributed by atoms with Gasteiger partial charge in [0.05, 0.1) is 12.7 Å². The Labute approximate surface area is 100 Å². The highest BCUT2D eigenvalue weighted by molar-refractivity contribution is 14.1. The molecule has 1 N–H and O–H groups in total. The molecule has 0 saturated heterocycles. The van der Waals surface area contributed by atoms with Gasteiger partial charge in [0.15, 0.2) is 0 Å². The van der Waals surface area contributed by atoms with Crippen molar-refractivity contribution < 1.29 is 4.42 Å². The number of anilines is 1. The Morgan fingerprint density at radius 1 is 1.27 bits per heavy atom. The number of aryl methyl sites for hydroxylation is 1. The molecule has 0 unspecified atom stereocenters. The van der Waals surface area contributed by atoms with Gasteiger partial charge in [0.25, 0.3) is 0 Å². The molecule has 78 valence electrons. The van der Waals surface area contributed by atoms with Gasteiger partial charge in [0.2, 0.25) is 11.8 Å². The molecule has 6 heteroatoms. The van der Waals surface area contributed by atoms with Crippen molar-refractivity contribution >= 4 is 28.5 Å². The minimum absolute atomic E-state index is 0.494. The molecule has 2 heterocycles. The maximum Gasteiger partial charge on any atom is 0.223 e. The molecule has 2 rings (SSSR count). The monoisotopic (exact) mass is 316 g/mol. The number of hydrogen-bond donors (Lipinski definition) is 1. The lowest BCUT2D eigenvalue weighted by molar-refractivity contribution is 0.478. The van der Waals surface area contributed by atoms with E-state index in [1.54, 1.807) is 18.6 Å². The van der Waals surface area contributed by atoms with Gasteiger partial charge in [0.1, 0.15) is 5.76 Å². The Hall–Kier alpha value is -1.18. The fourth-order valence-corrected chi connectivity index (χ4v) is 1.32. The molecule has 5 nitrogen and oxygen atoms in total. The molecule has 0 spiro atoms. The summed E-state index contributed by atoms with van der Waals surface area (Å²) < 4.78 is 6.30. The molecular formula is C9H9IN4O. The van der Waals surface area contributed by atoms with E-state index < -0.39 is 0 Å². The number of aromatic nitrogens is 3. The van der Waals surface area contributed by atoms with Crippen LogP contribution in [0.25, 0.3) is 0 Å². The third-order valence-electron chi connectivity index (χ3n) is 1.69. The summed E-state index contributed by atoms with van der Waals surface area (Å²) in [5.74, 6) is 2.01. The van der Waals surface area contributed by atoms with Gasteiger partial charge in [-0.25, -0.2) is 15.0 Å². The lowest BCUT2D eigenvalue weighted by Gasteiger charge is -2.00. The maximum absolute atomic E-state index is 5.30. The van der Waals surface area contributed by atoms with E-state index in [4.69, 9.17) is 4.42 Å². The van der Waals surface area contributed by atoms with Gasteiger partial charge < -0.3 is 9.73 Å². The van der Waals surface area contributed by atoms with Gasteiger partial charge in [-0.15, -0.1) is 0 Å². The zero-order chi connectivity index (χ0) is 10.7. The number of oxazole rings is 1. The van der Waals surface area contributed by atoms with E-state index in [0.29, 0.717) is 18.4 Å². The van der Waals surface area contributed by atoms with Crippen LogP contribution in [0, 0.1) is 10.5 Å². The highest BCUT2D eigenvalue weighted by atomic mass is 127. The molecule has 2 aromatic heterocycles. The fraction of sp³-hybridized carbons (Fsp3) is 0.222. The number of nitrogens with one attached hydrogen (secondary N) is 1. The van der Waals surface area contributed by atoms with Crippen LogP contribution in [0.2, 0.25) is 0 Å². The van der Waals surface area contributed by atoms with Crippen molar-refractivity contribution in [3.8, 4) is 0 Å². The normalized spacial score (nSPS) is 10.3. The lowest BCUT2D eigenvalue weighted by Crippen LogP contribution is -2.03. The van der Waals surface area contributed by atoms with Crippen molar-refractivity contribution in [2.24, 2.45) is 0 Å². The van der Waals surface area contributed by atoms with Gasteiger partial charge >= 0.3 is 0 Å². The molecule has 0 aromatic carbocycles. The van der Waals surface area contributed by atoms with Gasteiger partial charge in [-0.3, -0.25) is 0 Å². The molecule has 0 aliphatic rings. The number of halogens is 1. The summed E-state index contributed by atoms with van der Waals surface area (Å²) >= 11 is 2.16. The third kappa shape index (κ3) is 2.88. The molecule has 0 aliphatic heterocycles. The summed E-state index contributed by atoms with van der Waals surface area (Å²) in [6.07, 6.45) is 5.18. The molecule has 0 bridgehead atoms. The zero-order valence-electron chi connectivity index (χ0n) is 8.07. The fourth-order valence-electron chi connectivity index (χ4n) is 1.04. The molecule has 0 amide bonds. The topological polar surface area (TPSA) is 63.8 Å². The van der Waals surface area contributed by atoms with Crippen LogP contribution < -0.4 is 5.32 Å². The second kappa shape index (κ2) is 4.56. The minimum atomic E-state index is 0.494. The van der Waals surface area contributed by atoms with E-state index in [-0.39, 0.29) is 0 Å². The summed E-state index contributed by atoms with van der Waals surface area (Å²) in [6, 6.07) is 0. The van der Waals surface area contributed by atoms with E-state index in [1.165, 1.54) is 0 Å². The predicted molar refractivity (Wildman–Crippen MR) is 63.3 cm³/mol. The van der Waals surface area contributed by atoms with E-state index in [9.17, 15) is 0 Å². The van der Waals surface area contributed by atoms with Crippen molar-refractivity contribution in [3.05, 3.63) is 33.8 Å². The molecular weight excluding hydrogens is 307 g/mol. The second-order valence-corrected chi connectivity index (χ2v) is 4.19. The smallest absolute Gasteiger partial charge is 0.223 e.